The van der Waals surface area contributed by atoms with Crippen LogP contribution in [0.1, 0.15) is 97.6 Å². The monoisotopic (exact) mass is 752 g/mol. The van der Waals surface area contributed by atoms with E-state index in [-0.39, 0.29) is 12.8 Å². The molecule has 4 aliphatic rings. The first-order valence-electron chi connectivity index (χ1n) is 18.3. The van der Waals surface area contributed by atoms with E-state index in [1.165, 1.54) is 108 Å². The van der Waals surface area contributed by atoms with Gasteiger partial charge < -0.3 is 15.5 Å². The fourth-order valence-electron chi connectivity index (χ4n) is 8.68. The average molecular weight is 754 g/mol. The molecular formula is C39H65ClN4O4S2. The number of rotatable bonds is 14. The Balaban J connectivity index is 0.000000237. The lowest BCUT2D eigenvalue weighted by molar-refractivity contribution is 0.271. The standard InChI is InChI=1S/C19H30N2O2S.C18H28N2.CH3ClO2S.CH4/c1-4-5-6-7-11-21-13-17-18(14-21)19(17,2)15-9-8-10-16(12-15)20-24(3,22)23;1-3-4-5-6-10-20-12-16-17(13-20)18(16,2)14-8-7-9-15(19)11-14;1-5(2,3)4;/h8-10,12,17-18,20H,4-7,11,13-14H2,1-3H3;7-9,11,16-17H,3-6,10,12-13,19H2,1-2H3;1H3;1H4. The molecule has 2 saturated heterocycles. The van der Waals surface area contributed by atoms with E-state index in [1.807, 2.05) is 24.3 Å². The molecule has 4 fully saturated rings. The van der Waals surface area contributed by atoms with E-state index in [2.05, 4.69) is 77.2 Å². The molecule has 2 aliphatic heterocycles. The van der Waals surface area contributed by atoms with Gasteiger partial charge in [0.1, 0.15) is 0 Å². The van der Waals surface area contributed by atoms with E-state index >= 15 is 0 Å². The number of piperidine rings is 2. The lowest BCUT2D eigenvalue weighted by Crippen LogP contribution is -2.29. The lowest BCUT2D eigenvalue weighted by Gasteiger charge is -2.24. The number of hydrogen-bond donors (Lipinski definition) is 2. The molecule has 50 heavy (non-hydrogen) atoms. The predicted molar refractivity (Wildman–Crippen MR) is 213 cm³/mol. The fourth-order valence-corrected chi connectivity index (χ4v) is 9.23. The normalized spacial score (nSPS) is 28.2. The van der Waals surface area contributed by atoms with E-state index < -0.39 is 19.1 Å². The summed E-state index contributed by atoms with van der Waals surface area (Å²) in [7, 11) is -1.91. The summed E-state index contributed by atoms with van der Waals surface area (Å²) in [6.45, 7) is 16.8. The van der Waals surface area contributed by atoms with E-state index in [1.54, 1.807) is 0 Å². The molecule has 4 unspecified atom stereocenters. The SMILES string of the molecule is C.CCCCCCN1CC2C(C1)C2(C)c1cccc(N)c1.CCCCCCN1CC2C(C1)C2(C)c1cccc(NS(C)(=O)=O)c1.CS(=O)(=O)Cl. The lowest BCUT2D eigenvalue weighted by atomic mass is 9.92. The highest BCUT2D eigenvalue weighted by Crippen LogP contribution is 2.64. The minimum absolute atomic E-state index is 0. The van der Waals surface area contributed by atoms with E-state index in [0.717, 1.165) is 35.6 Å². The number of nitrogen functional groups attached to an aromatic ring is 1. The number of nitrogens with one attached hydrogen (secondary N) is 1. The highest BCUT2D eigenvalue weighted by atomic mass is 35.7. The van der Waals surface area contributed by atoms with Crippen LogP contribution in [0, 0.1) is 23.7 Å². The number of hydrogen-bond acceptors (Lipinski definition) is 7. The van der Waals surface area contributed by atoms with Crippen molar-refractivity contribution in [1.29, 1.82) is 0 Å². The van der Waals surface area contributed by atoms with Crippen LogP contribution in [0.15, 0.2) is 48.5 Å². The van der Waals surface area contributed by atoms with Gasteiger partial charge in [0, 0.05) is 59.1 Å². The number of sulfonamides is 1. The first kappa shape index (κ1) is 42.6. The zero-order chi connectivity index (χ0) is 36.0. The Hall–Kier alpha value is -1.85. The summed E-state index contributed by atoms with van der Waals surface area (Å²) in [5.41, 5.74) is 10.9. The number of nitrogens with two attached hydrogens (primary N) is 1. The summed E-state index contributed by atoms with van der Waals surface area (Å²) >= 11 is 0. The third kappa shape index (κ3) is 11.3. The molecule has 4 atom stereocenters. The van der Waals surface area contributed by atoms with Crippen LogP contribution in [-0.2, 0) is 29.9 Å². The van der Waals surface area contributed by atoms with Crippen LogP contribution in [-0.4, -0.2) is 78.4 Å². The maximum absolute atomic E-state index is 11.4. The van der Waals surface area contributed by atoms with Crippen molar-refractivity contribution in [3.05, 3.63) is 59.7 Å². The minimum atomic E-state index is -3.22. The van der Waals surface area contributed by atoms with Gasteiger partial charge in [-0.2, -0.15) is 0 Å². The zero-order valence-corrected chi connectivity index (χ0v) is 33.0. The van der Waals surface area contributed by atoms with Crippen LogP contribution in [0.3, 0.4) is 0 Å². The smallest absolute Gasteiger partial charge is 0.229 e. The Labute approximate surface area is 309 Å². The first-order valence-corrected chi connectivity index (χ1v) is 22.9. The number of benzene rings is 2. The van der Waals surface area contributed by atoms with Crippen molar-refractivity contribution in [2.45, 2.75) is 97.3 Å². The Morgan fingerprint density at radius 1 is 0.720 bits per heavy atom. The van der Waals surface area contributed by atoms with Crippen LogP contribution in [0.4, 0.5) is 11.4 Å². The Morgan fingerprint density at radius 3 is 1.50 bits per heavy atom. The van der Waals surface area contributed by atoms with Crippen molar-refractivity contribution in [1.82, 2.24) is 9.80 Å². The van der Waals surface area contributed by atoms with Gasteiger partial charge >= 0.3 is 0 Å². The van der Waals surface area contributed by atoms with Gasteiger partial charge in [0.15, 0.2) is 0 Å². The van der Waals surface area contributed by atoms with Crippen molar-refractivity contribution in [2.75, 3.05) is 62.2 Å². The largest absolute Gasteiger partial charge is 0.399 e. The highest BCUT2D eigenvalue weighted by Gasteiger charge is 2.66. The molecule has 2 aromatic rings. The Morgan fingerprint density at radius 2 is 1.12 bits per heavy atom. The van der Waals surface area contributed by atoms with Crippen molar-refractivity contribution in [3.63, 3.8) is 0 Å². The second-order valence-electron chi connectivity index (χ2n) is 15.4. The molecule has 2 heterocycles. The van der Waals surface area contributed by atoms with Crippen LogP contribution < -0.4 is 10.5 Å². The average Bonchev–Trinajstić information content (AvgIpc) is 3.51. The molecule has 284 valence electrons. The number of anilines is 2. The van der Waals surface area contributed by atoms with Crippen LogP contribution in [0.5, 0.6) is 0 Å². The highest BCUT2D eigenvalue weighted by molar-refractivity contribution is 8.13. The molecule has 8 nitrogen and oxygen atoms in total. The van der Waals surface area contributed by atoms with Crippen molar-refractivity contribution in [3.8, 4) is 0 Å². The third-order valence-electron chi connectivity index (χ3n) is 11.6. The van der Waals surface area contributed by atoms with Gasteiger partial charge in [-0.25, -0.2) is 16.8 Å². The van der Waals surface area contributed by atoms with Gasteiger partial charge in [-0.1, -0.05) is 97.9 Å². The molecular weight excluding hydrogens is 688 g/mol. The van der Waals surface area contributed by atoms with Gasteiger partial charge in [-0.15, -0.1) is 0 Å². The molecule has 0 spiro atoms. The van der Waals surface area contributed by atoms with E-state index in [0.29, 0.717) is 11.1 Å². The second kappa shape index (κ2) is 17.8. The minimum Gasteiger partial charge on any atom is -0.399 e. The maximum Gasteiger partial charge on any atom is 0.229 e. The van der Waals surface area contributed by atoms with Crippen LogP contribution >= 0.6 is 10.7 Å². The predicted octanol–water partition coefficient (Wildman–Crippen LogP) is 7.95. The topological polar surface area (TPSA) is 113 Å². The molecule has 11 heteroatoms. The summed E-state index contributed by atoms with van der Waals surface area (Å²) in [5.74, 6) is 3.15. The molecule has 0 amide bonds. The van der Waals surface area contributed by atoms with Gasteiger partial charge in [0.2, 0.25) is 19.1 Å². The van der Waals surface area contributed by atoms with E-state index in [9.17, 15) is 16.8 Å². The molecule has 2 saturated carbocycles. The number of nitrogens with zero attached hydrogens (tertiary/aromatic N) is 2. The fraction of sp³-hybridized carbons (Fsp3) is 0.692. The van der Waals surface area contributed by atoms with Gasteiger partial charge in [0.25, 0.3) is 0 Å². The third-order valence-corrected chi connectivity index (χ3v) is 12.2. The molecule has 2 aromatic carbocycles. The Bertz CT molecular complexity index is 1570. The van der Waals surface area contributed by atoms with Crippen LogP contribution in [0.2, 0.25) is 0 Å². The quantitative estimate of drug-likeness (QED) is 0.114. The van der Waals surface area contributed by atoms with Crippen molar-refractivity contribution < 1.29 is 16.8 Å². The zero-order valence-electron chi connectivity index (χ0n) is 30.6. The Kier molecular flexibility index (Phi) is 15.1. The van der Waals surface area contributed by atoms with Gasteiger partial charge in [0.05, 0.1) is 12.5 Å². The summed E-state index contributed by atoms with van der Waals surface area (Å²) in [4.78, 5) is 5.30. The summed E-state index contributed by atoms with van der Waals surface area (Å²) in [5, 5.41) is 0. The molecule has 0 bridgehead atoms. The van der Waals surface area contributed by atoms with Crippen molar-refractivity contribution in [2.24, 2.45) is 23.7 Å². The van der Waals surface area contributed by atoms with Crippen LogP contribution in [0.25, 0.3) is 0 Å². The van der Waals surface area contributed by atoms with Gasteiger partial charge in [-0.3, -0.25) is 4.72 Å². The van der Waals surface area contributed by atoms with Crippen molar-refractivity contribution >= 4 is 41.1 Å². The second-order valence-corrected chi connectivity index (χ2v) is 20.2. The summed E-state index contributed by atoms with van der Waals surface area (Å²) in [6.07, 6.45) is 12.9. The van der Waals surface area contributed by atoms with E-state index in [4.69, 9.17) is 5.73 Å². The first-order chi connectivity index (χ1) is 23.0. The number of fused-ring (bicyclic) bond motifs is 2. The molecule has 3 N–H and O–H groups in total. The summed E-state index contributed by atoms with van der Waals surface area (Å²) < 4.78 is 44.3. The molecule has 2 aliphatic carbocycles. The molecule has 6 rings (SSSR count). The van der Waals surface area contributed by atoms with Gasteiger partial charge in [-0.05, 0) is 85.0 Å². The molecule has 0 radical (unpaired) electrons. The molecule has 0 aromatic heterocycles. The number of halogens is 1. The number of likely N-dealkylation sites (tertiary alicyclic amines) is 2. The summed E-state index contributed by atoms with van der Waals surface area (Å²) in [6, 6.07) is 16.5. The maximum atomic E-state index is 11.4. The number of unbranched alkanes of at least 4 members (excludes halogenated alkanes) is 6.